The van der Waals surface area contributed by atoms with Crippen LogP contribution in [-0.2, 0) is 6.42 Å². The minimum absolute atomic E-state index is 0.162. The van der Waals surface area contributed by atoms with Crippen LogP contribution in [0.1, 0.15) is 26.3 Å². The molecule has 3 aromatic rings. The number of amides is 2. The molecule has 0 atom stereocenters. The Morgan fingerprint density at radius 2 is 1.81 bits per heavy atom. The molecular formula is C21H16ClN3O2. The van der Waals surface area contributed by atoms with Crippen molar-refractivity contribution in [3.8, 4) is 0 Å². The van der Waals surface area contributed by atoms with Crippen LogP contribution >= 0.6 is 11.6 Å². The second kappa shape index (κ2) is 7.21. The van der Waals surface area contributed by atoms with Crippen molar-refractivity contribution >= 4 is 34.8 Å². The topological polar surface area (TPSA) is 62.3 Å². The van der Waals surface area contributed by atoms with Crippen LogP contribution in [0.4, 0.5) is 11.4 Å². The van der Waals surface area contributed by atoms with Gasteiger partial charge < -0.3 is 10.2 Å². The minimum Gasteiger partial charge on any atom is -0.322 e. The van der Waals surface area contributed by atoms with Crippen molar-refractivity contribution < 1.29 is 9.59 Å². The van der Waals surface area contributed by atoms with E-state index in [1.165, 1.54) is 12.4 Å². The Bertz CT molecular complexity index is 1040. The number of aromatic nitrogens is 1. The van der Waals surface area contributed by atoms with Gasteiger partial charge in [-0.2, -0.15) is 0 Å². The van der Waals surface area contributed by atoms with Crippen molar-refractivity contribution in [2.75, 3.05) is 16.8 Å². The number of rotatable bonds is 3. The number of hydrogen-bond donors (Lipinski definition) is 1. The van der Waals surface area contributed by atoms with E-state index in [-0.39, 0.29) is 11.8 Å². The maximum atomic E-state index is 12.9. The molecule has 1 aliphatic rings. The standard InChI is InChI=1S/C21H16ClN3O2/c22-17-5-3-6-18(11-17)24-20(26)15-10-16(13-23-12-15)21(27)25-9-8-14-4-1-2-7-19(14)25/h1-7,10-13H,8-9H2,(H,24,26). The van der Waals surface area contributed by atoms with E-state index in [4.69, 9.17) is 11.6 Å². The molecule has 4 rings (SSSR count). The average molecular weight is 378 g/mol. The zero-order valence-electron chi connectivity index (χ0n) is 14.4. The highest BCUT2D eigenvalue weighted by Gasteiger charge is 2.25. The number of nitrogens with zero attached hydrogens (tertiary/aromatic N) is 2. The monoisotopic (exact) mass is 377 g/mol. The normalized spacial score (nSPS) is 12.6. The van der Waals surface area contributed by atoms with E-state index in [9.17, 15) is 9.59 Å². The summed E-state index contributed by atoms with van der Waals surface area (Å²) in [6, 6.07) is 16.3. The molecule has 0 bridgehead atoms. The van der Waals surface area contributed by atoms with Crippen molar-refractivity contribution in [3.63, 3.8) is 0 Å². The number of pyridine rings is 1. The number of benzene rings is 2. The predicted molar refractivity (Wildman–Crippen MR) is 105 cm³/mol. The van der Waals surface area contributed by atoms with E-state index in [1.54, 1.807) is 35.2 Å². The Morgan fingerprint density at radius 3 is 2.67 bits per heavy atom. The number of halogens is 1. The van der Waals surface area contributed by atoms with E-state index in [1.807, 2.05) is 24.3 Å². The van der Waals surface area contributed by atoms with Crippen LogP contribution in [-0.4, -0.2) is 23.3 Å². The third-order valence-corrected chi connectivity index (χ3v) is 4.70. The van der Waals surface area contributed by atoms with Crippen LogP contribution in [0.5, 0.6) is 0 Å². The van der Waals surface area contributed by atoms with Crippen LogP contribution in [0.3, 0.4) is 0 Å². The number of para-hydroxylation sites is 1. The quantitative estimate of drug-likeness (QED) is 0.744. The summed E-state index contributed by atoms with van der Waals surface area (Å²) in [5.74, 6) is -0.508. The number of fused-ring (bicyclic) bond motifs is 1. The van der Waals surface area contributed by atoms with E-state index in [2.05, 4.69) is 10.3 Å². The van der Waals surface area contributed by atoms with Crippen molar-refractivity contribution in [2.24, 2.45) is 0 Å². The van der Waals surface area contributed by atoms with Gasteiger partial charge in [-0.25, -0.2) is 0 Å². The summed E-state index contributed by atoms with van der Waals surface area (Å²) in [7, 11) is 0. The second-order valence-corrected chi connectivity index (χ2v) is 6.70. The molecule has 2 amide bonds. The first-order chi connectivity index (χ1) is 13.1. The average Bonchev–Trinajstić information content (AvgIpc) is 3.11. The first kappa shape index (κ1) is 17.2. The Hall–Kier alpha value is -3.18. The molecule has 0 unspecified atom stereocenters. The lowest BCUT2D eigenvalue weighted by Crippen LogP contribution is -2.29. The molecule has 0 radical (unpaired) electrons. The number of hydrogen-bond acceptors (Lipinski definition) is 3. The van der Waals surface area contributed by atoms with Gasteiger partial charge in [0.25, 0.3) is 11.8 Å². The van der Waals surface area contributed by atoms with E-state index >= 15 is 0 Å². The fraction of sp³-hybridized carbons (Fsp3) is 0.0952. The zero-order chi connectivity index (χ0) is 18.8. The van der Waals surface area contributed by atoms with E-state index < -0.39 is 0 Å². The first-order valence-corrected chi connectivity index (χ1v) is 8.91. The molecular weight excluding hydrogens is 362 g/mol. The largest absolute Gasteiger partial charge is 0.322 e. The van der Waals surface area contributed by atoms with Crippen LogP contribution in [0.15, 0.2) is 67.0 Å². The Balaban J connectivity index is 1.56. The first-order valence-electron chi connectivity index (χ1n) is 8.53. The highest BCUT2D eigenvalue weighted by atomic mass is 35.5. The molecule has 0 saturated carbocycles. The summed E-state index contributed by atoms with van der Waals surface area (Å²) in [5, 5.41) is 3.29. The lowest BCUT2D eigenvalue weighted by atomic mass is 10.1. The number of nitrogens with one attached hydrogen (secondary N) is 1. The number of carbonyl (C=O) groups excluding carboxylic acids is 2. The molecule has 0 spiro atoms. The van der Waals surface area contributed by atoms with Crippen LogP contribution in [0, 0.1) is 0 Å². The Morgan fingerprint density at radius 1 is 1.00 bits per heavy atom. The SMILES string of the molecule is O=C(Nc1cccc(Cl)c1)c1cncc(C(=O)N2CCc3ccccc32)c1. The molecule has 0 aliphatic carbocycles. The van der Waals surface area contributed by atoms with Gasteiger partial charge in [-0.1, -0.05) is 35.9 Å². The molecule has 1 aliphatic heterocycles. The highest BCUT2D eigenvalue weighted by molar-refractivity contribution is 6.31. The third-order valence-electron chi connectivity index (χ3n) is 4.46. The van der Waals surface area contributed by atoms with Crippen LogP contribution < -0.4 is 10.2 Å². The van der Waals surface area contributed by atoms with Gasteiger partial charge in [0.15, 0.2) is 0 Å². The van der Waals surface area contributed by atoms with E-state index in [0.29, 0.717) is 28.4 Å². The smallest absolute Gasteiger partial charge is 0.259 e. The maximum absolute atomic E-state index is 12.9. The maximum Gasteiger partial charge on any atom is 0.259 e. The molecule has 2 heterocycles. The molecule has 27 heavy (non-hydrogen) atoms. The van der Waals surface area contributed by atoms with Crippen LogP contribution in [0.2, 0.25) is 5.02 Å². The summed E-state index contributed by atoms with van der Waals surface area (Å²) < 4.78 is 0. The lowest BCUT2D eigenvalue weighted by Gasteiger charge is -2.17. The third kappa shape index (κ3) is 3.55. The zero-order valence-corrected chi connectivity index (χ0v) is 15.1. The molecule has 134 valence electrons. The summed E-state index contributed by atoms with van der Waals surface area (Å²) in [5.41, 5.74) is 3.33. The fourth-order valence-corrected chi connectivity index (χ4v) is 3.35. The van der Waals surface area contributed by atoms with Crippen molar-refractivity contribution in [1.29, 1.82) is 0 Å². The summed E-state index contributed by atoms with van der Waals surface area (Å²) in [6.45, 7) is 0.622. The number of anilines is 2. The Labute approximate surface area is 161 Å². The molecule has 0 saturated heterocycles. The highest BCUT2D eigenvalue weighted by Crippen LogP contribution is 2.28. The number of carbonyl (C=O) groups is 2. The fourth-order valence-electron chi connectivity index (χ4n) is 3.16. The molecule has 0 fully saturated rings. The molecule has 2 aromatic carbocycles. The van der Waals surface area contributed by atoms with Gasteiger partial charge in [0, 0.05) is 35.3 Å². The van der Waals surface area contributed by atoms with Gasteiger partial charge in [0.1, 0.15) is 0 Å². The van der Waals surface area contributed by atoms with Gasteiger partial charge in [-0.15, -0.1) is 0 Å². The Kier molecular flexibility index (Phi) is 4.60. The predicted octanol–water partition coefficient (Wildman–Crippen LogP) is 4.19. The second-order valence-electron chi connectivity index (χ2n) is 6.26. The lowest BCUT2D eigenvalue weighted by molar-refractivity contribution is 0.0989. The van der Waals surface area contributed by atoms with Crippen molar-refractivity contribution in [2.45, 2.75) is 6.42 Å². The minimum atomic E-state index is -0.346. The van der Waals surface area contributed by atoms with Gasteiger partial charge in [-0.05, 0) is 42.3 Å². The van der Waals surface area contributed by atoms with Crippen molar-refractivity contribution in [1.82, 2.24) is 4.98 Å². The van der Waals surface area contributed by atoms with Crippen molar-refractivity contribution in [3.05, 3.63) is 88.7 Å². The van der Waals surface area contributed by atoms with Gasteiger partial charge in [0.2, 0.25) is 0 Å². The molecule has 5 nitrogen and oxygen atoms in total. The molecule has 6 heteroatoms. The summed E-state index contributed by atoms with van der Waals surface area (Å²) in [6.07, 6.45) is 3.75. The molecule has 1 aromatic heterocycles. The molecule has 1 N–H and O–H groups in total. The van der Waals surface area contributed by atoms with Gasteiger partial charge in [-0.3, -0.25) is 14.6 Å². The van der Waals surface area contributed by atoms with E-state index in [0.717, 1.165) is 17.7 Å². The van der Waals surface area contributed by atoms with Gasteiger partial charge >= 0.3 is 0 Å². The summed E-state index contributed by atoms with van der Waals surface area (Å²) in [4.78, 5) is 31.2. The summed E-state index contributed by atoms with van der Waals surface area (Å²) >= 11 is 5.94. The van der Waals surface area contributed by atoms with Crippen LogP contribution in [0.25, 0.3) is 0 Å². The van der Waals surface area contributed by atoms with Gasteiger partial charge in [0.05, 0.1) is 11.1 Å².